The minimum Gasteiger partial charge on any atom is -0.478 e. The maximum Gasteiger partial charge on any atom is 0.335 e. The molecule has 0 radical (unpaired) electrons. The smallest absolute Gasteiger partial charge is 0.335 e. The van der Waals surface area contributed by atoms with Gasteiger partial charge in [0.05, 0.1) is 16.2 Å². The highest BCUT2D eigenvalue weighted by atomic mass is 79.9. The average Bonchev–Trinajstić information content (AvgIpc) is 2.21. The van der Waals surface area contributed by atoms with E-state index in [9.17, 15) is 13.2 Å². The Kier molecular flexibility index (Phi) is 4.11. The van der Waals surface area contributed by atoms with Crippen LogP contribution >= 0.6 is 15.9 Å². The van der Waals surface area contributed by atoms with E-state index in [0.29, 0.717) is 10.0 Å². The molecule has 0 amide bonds. The van der Waals surface area contributed by atoms with Crippen molar-refractivity contribution in [1.82, 2.24) is 0 Å². The number of hydrogen-bond acceptors (Lipinski definition) is 3. The summed E-state index contributed by atoms with van der Waals surface area (Å²) in [6.07, 6.45) is 1.27. The van der Waals surface area contributed by atoms with Crippen LogP contribution in [0.2, 0.25) is 0 Å². The van der Waals surface area contributed by atoms with Gasteiger partial charge in [0.2, 0.25) is 0 Å². The highest BCUT2D eigenvalue weighted by molar-refractivity contribution is 9.10. The van der Waals surface area contributed by atoms with Crippen LogP contribution in [0.5, 0.6) is 0 Å². The lowest BCUT2D eigenvalue weighted by atomic mass is 10.1. The first-order valence-electron chi connectivity index (χ1n) is 4.66. The van der Waals surface area contributed by atoms with Crippen molar-refractivity contribution in [1.29, 1.82) is 0 Å². The average molecular weight is 319 g/mol. The van der Waals surface area contributed by atoms with Crippen LogP contribution in [0, 0.1) is 6.92 Å². The number of sulfone groups is 1. The molecule has 0 fully saturated rings. The largest absolute Gasteiger partial charge is 0.478 e. The van der Waals surface area contributed by atoms with Crippen molar-refractivity contribution in [2.75, 3.05) is 5.75 Å². The Labute approximate surface area is 108 Å². The molecule has 0 bridgehead atoms. The monoisotopic (exact) mass is 318 g/mol. The zero-order valence-corrected chi connectivity index (χ0v) is 11.5. The molecule has 0 atom stereocenters. The van der Waals surface area contributed by atoms with Crippen molar-refractivity contribution < 1.29 is 18.3 Å². The third-order valence-electron chi connectivity index (χ3n) is 2.22. The lowest BCUT2D eigenvalue weighted by Crippen LogP contribution is -2.09. The highest BCUT2D eigenvalue weighted by Gasteiger charge is 2.19. The van der Waals surface area contributed by atoms with Crippen LogP contribution in [0.1, 0.15) is 15.9 Å². The summed E-state index contributed by atoms with van der Waals surface area (Å²) in [4.78, 5) is 10.9. The topological polar surface area (TPSA) is 71.4 Å². The van der Waals surface area contributed by atoms with Gasteiger partial charge in [-0.05, 0) is 24.6 Å². The molecule has 0 heterocycles. The second kappa shape index (κ2) is 5.01. The SMILES string of the molecule is C=CCS(=O)(=O)c1cc(C(=O)O)cc(Br)c1C. The number of rotatable bonds is 4. The van der Waals surface area contributed by atoms with Gasteiger partial charge in [0.15, 0.2) is 9.84 Å². The summed E-state index contributed by atoms with van der Waals surface area (Å²) in [6, 6.07) is 2.55. The number of hydrogen-bond donors (Lipinski definition) is 1. The van der Waals surface area contributed by atoms with Gasteiger partial charge in [0.1, 0.15) is 0 Å². The van der Waals surface area contributed by atoms with Crippen LogP contribution in [-0.4, -0.2) is 25.2 Å². The van der Waals surface area contributed by atoms with Crippen LogP contribution in [-0.2, 0) is 9.84 Å². The zero-order valence-electron chi connectivity index (χ0n) is 9.10. The molecule has 1 aromatic rings. The fourth-order valence-corrected chi connectivity index (χ4v) is 3.31. The maximum absolute atomic E-state index is 11.9. The predicted molar refractivity (Wildman–Crippen MR) is 68.1 cm³/mol. The van der Waals surface area contributed by atoms with E-state index >= 15 is 0 Å². The zero-order chi connectivity index (χ0) is 13.2. The summed E-state index contributed by atoms with van der Waals surface area (Å²) in [6.45, 7) is 4.99. The van der Waals surface area contributed by atoms with Gasteiger partial charge in [-0.2, -0.15) is 0 Å². The van der Waals surface area contributed by atoms with E-state index in [1.54, 1.807) is 6.92 Å². The van der Waals surface area contributed by atoms with Gasteiger partial charge in [0, 0.05) is 4.47 Å². The molecule has 0 spiro atoms. The third kappa shape index (κ3) is 2.95. The lowest BCUT2D eigenvalue weighted by Gasteiger charge is -2.09. The molecule has 1 aromatic carbocycles. The second-order valence-corrected chi connectivity index (χ2v) is 6.31. The molecule has 0 saturated carbocycles. The first-order chi connectivity index (χ1) is 7.79. The number of carboxylic acids is 1. The molecule has 0 unspecified atom stereocenters. The molecule has 1 N–H and O–H groups in total. The van der Waals surface area contributed by atoms with Crippen molar-refractivity contribution in [3.05, 3.63) is 40.4 Å². The highest BCUT2D eigenvalue weighted by Crippen LogP contribution is 2.26. The van der Waals surface area contributed by atoms with Crippen LogP contribution in [0.3, 0.4) is 0 Å². The van der Waals surface area contributed by atoms with Crippen molar-refractivity contribution in [3.8, 4) is 0 Å². The van der Waals surface area contributed by atoms with Gasteiger partial charge in [0.25, 0.3) is 0 Å². The molecule has 1 rings (SSSR count). The Morgan fingerprint density at radius 3 is 2.59 bits per heavy atom. The van der Waals surface area contributed by atoms with Gasteiger partial charge in [-0.25, -0.2) is 13.2 Å². The van der Waals surface area contributed by atoms with E-state index < -0.39 is 15.8 Å². The van der Waals surface area contributed by atoms with E-state index in [4.69, 9.17) is 5.11 Å². The van der Waals surface area contributed by atoms with Crippen molar-refractivity contribution in [3.63, 3.8) is 0 Å². The molecule has 17 heavy (non-hydrogen) atoms. The molecule has 0 aromatic heterocycles. The van der Waals surface area contributed by atoms with Gasteiger partial charge < -0.3 is 5.11 Å². The predicted octanol–water partition coefficient (Wildman–Crippen LogP) is 2.42. The molecule has 6 heteroatoms. The number of aromatic carboxylic acids is 1. The molecular formula is C11H11BrO4S. The Morgan fingerprint density at radius 1 is 1.53 bits per heavy atom. The Balaban J connectivity index is 3.53. The Bertz CT molecular complexity index is 575. The summed E-state index contributed by atoms with van der Waals surface area (Å²) in [7, 11) is -3.53. The van der Waals surface area contributed by atoms with Gasteiger partial charge in [-0.3, -0.25) is 0 Å². The summed E-state index contributed by atoms with van der Waals surface area (Å²) < 4.78 is 24.2. The molecule has 0 aliphatic carbocycles. The fraction of sp³-hybridized carbons (Fsp3) is 0.182. The van der Waals surface area contributed by atoms with Gasteiger partial charge in [-0.1, -0.05) is 22.0 Å². The first-order valence-corrected chi connectivity index (χ1v) is 7.11. The lowest BCUT2D eigenvalue weighted by molar-refractivity contribution is 0.0696. The van der Waals surface area contributed by atoms with Gasteiger partial charge in [-0.15, -0.1) is 6.58 Å². The quantitative estimate of drug-likeness (QED) is 0.865. The van der Waals surface area contributed by atoms with Crippen LogP contribution < -0.4 is 0 Å². The minimum absolute atomic E-state index is 0.0178. The Hall–Kier alpha value is -1.14. The number of carbonyl (C=O) groups is 1. The van der Waals surface area contributed by atoms with Crippen molar-refractivity contribution in [2.45, 2.75) is 11.8 Å². The fourth-order valence-electron chi connectivity index (χ4n) is 1.35. The van der Waals surface area contributed by atoms with E-state index in [1.165, 1.54) is 18.2 Å². The van der Waals surface area contributed by atoms with Crippen LogP contribution in [0.15, 0.2) is 34.2 Å². The Morgan fingerprint density at radius 2 is 2.12 bits per heavy atom. The molecular weight excluding hydrogens is 308 g/mol. The van der Waals surface area contributed by atoms with E-state index in [2.05, 4.69) is 22.5 Å². The second-order valence-electron chi connectivity index (χ2n) is 3.46. The van der Waals surface area contributed by atoms with Gasteiger partial charge >= 0.3 is 5.97 Å². The third-order valence-corrected chi connectivity index (χ3v) is 4.81. The van der Waals surface area contributed by atoms with Crippen LogP contribution in [0.25, 0.3) is 0 Å². The first kappa shape index (κ1) is 13.9. The standard InChI is InChI=1S/C11H11BrO4S/c1-3-4-17(15,16)10-6-8(11(13)14)5-9(12)7(10)2/h3,5-6H,1,4H2,2H3,(H,13,14). The molecule has 0 aliphatic heterocycles. The molecule has 0 saturated heterocycles. The minimum atomic E-state index is -3.53. The molecule has 4 nitrogen and oxygen atoms in total. The number of carboxylic acid groups (broad SMARTS) is 1. The van der Waals surface area contributed by atoms with E-state index in [-0.39, 0.29) is 16.2 Å². The number of halogens is 1. The summed E-state index contributed by atoms with van der Waals surface area (Å²) in [5, 5.41) is 8.88. The maximum atomic E-state index is 11.9. The van der Waals surface area contributed by atoms with Crippen LogP contribution in [0.4, 0.5) is 0 Å². The van der Waals surface area contributed by atoms with E-state index in [0.717, 1.165) is 0 Å². The summed E-state index contributed by atoms with van der Waals surface area (Å²) >= 11 is 3.16. The van der Waals surface area contributed by atoms with Crippen molar-refractivity contribution in [2.24, 2.45) is 0 Å². The summed E-state index contributed by atoms with van der Waals surface area (Å²) in [5.74, 6) is -1.38. The normalized spacial score (nSPS) is 11.2. The molecule has 92 valence electrons. The summed E-state index contributed by atoms with van der Waals surface area (Å²) in [5.41, 5.74) is 0.432. The number of benzene rings is 1. The van der Waals surface area contributed by atoms with E-state index in [1.807, 2.05) is 0 Å². The molecule has 0 aliphatic rings. The van der Waals surface area contributed by atoms with Crippen molar-refractivity contribution >= 4 is 31.7 Å².